The van der Waals surface area contributed by atoms with Gasteiger partial charge >= 0.3 is 0 Å². The van der Waals surface area contributed by atoms with E-state index < -0.39 is 0 Å². The Kier molecular flexibility index (Phi) is 5.13. The lowest BCUT2D eigenvalue weighted by molar-refractivity contribution is 0.0721. The van der Waals surface area contributed by atoms with E-state index in [1.54, 1.807) is 12.4 Å². The number of carbonyl (C=O) groups is 1. The minimum absolute atomic E-state index is 0.0725. The van der Waals surface area contributed by atoms with E-state index in [1.165, 1.54) is 0 Å². The monoisotopic (exact) mass is 327 g/mol. The van der Waals surface area contributed by atoms with Crippen LogP contribution in [0.2, 0.25) is 0 Å². The van der Waals surface area contributed by atoms with Gasteiger partial charge in [-0.15, -0.1) is 0 Å². The molecule has 2 aromatic rings. The molecule has 1 atom stereocenters. The number of amides is 1. The molecule has 2 aromatic heterocycles. The zero-order valence-electron chi connectivity index (χ0n) is 14.4. The molecule has 128 valence electrons. The van der Waals surface area contributed by atoms with Gasteiger partial charge in [-0.2, -0.15) is 5.10 Å². The number of aromatic nitrogens is 3. The van der Waals surface area contributed by atoms with E-state index >= 15 is 0 Å². The van der Waals surface area contributed by atoms with Crippen LogP contribution in [0.25, 0.3) is 0 Å². The van der Waals surface area contributed by atoms with Gasteiger partial charge in [0, 0.05) is 38.2 Å². The van der Waals surface area contributed by atoms with Gasteiger partial charge in [0.25, 0.3) is 5.91 Å². The van der Waals surface area contributed by atoms with Crippen LogP contribution in [0.1, 0.15) is 37.0 Å². The molecule has 1 aliphatic heterocycles. The summed E-state index contributed by atoms with van der Waals surface area (Å²) in [6, 6.07) is 5.96. The fourth-order valence-corrected chi connectivity index (χ4v) is 3.33. The maximum absolute atomic E-state index is 12.8. The van der Waals surface area contributed by atoms with Crippen molar-refractivity contribution in [2.24, 2.45) is 0 Å². The lowest BCUT2D eigenvalue weighted by Crippen LogP contribution is -2.38. The Morgan fingerprint density at radius 2 is 2.17 bits per heavy atom. The van der Waals surface area contributed by atoms with Gasteiger partial charge in [-0.05, 0) is 44.9 Å². The number of carbonyl (C=O) groups excluding carboxylic acids is 1. The fraction of sp³-hybridized carbons (Fsp3) is 0.500. The largest absolute Gasteiger partial charge is 0.357 e. The molecule has 0 bridgehead atoms. The van der Waals surface area contributed by atoms with Crippen molar-refractivity contribution >= 4 is 11.7 Å². The summed E-state index contributed by atoms with van der Waals surface area (Å²) >= 11 is 0. The summed E-state index contributed by atoms with van der Waals surface area (Å²) in [5.41, 5.74) is 0.665. The number of anilines is 1. The van der Waals surface area contributed by atoms with E-state index in [1.807, 2.05) is 34.0 Å². The summed E-state index contributed by atoms with van der Waals surface area (Å²) in [5.74, 6) is 0.995. The number of hydrogen-bond acceptors (Lipinski definition) is 4. The number of rotatable bonds is 6. The van der Waals surface area contributed by atoms with Crippen LogP contribution in [0.15, 0.2) is 36.8 Å². The molecular weight excluding hydrogens is 302 g/mol. The molecule has 1 fully saturated rings. The average molecular weight is 327 g/mol. The minimum atomic E-state index is 0.0725. The van der Waals surface area contributed by atoms with Crippen molar-refractivity contribution in [3.8, 4) is 0 Å². The van der Waals surface area contributed by atoms with Crippen LogP contribution >= 0.6 is 0 Å². The quantitative estimate of drug-likeness (QED) is 0.818. The van der Waals surface area contributed by atoms with E-state index in [9.17, 15) is 4.79 Å². The Bertz CT molecular complexity index is 649. The molecule has 0 aliphatic carbocycles. The summed E-state index contributed by atoms with van der Waals surface area (Å²) in [6.45, 7) is 7.60. The van der Waals surface area contributed by atoms with Crippen molar-refractivity contribution in [1.29, 1.82) is 0 Å². The van der Waals surface area contributed by atoms with E-state index in [4.69, 9.17) is 0 Å². The van der Waals surface area contributed by atoms with E-state index in [0.717, 1.165) is 44.8 Å². The Morgan fingerprint density at radius 1 is 1.33 bits per heavy atom. The molecular formula is C18H25N5O. The van der Waals surface area contributed by atoms with Crippen molar-refractivity contribution in [2.45, 2.75) is 39.3 Å². The van der Waals surface area contributed by atoms with Crippen LogP contribution in [0.5, 0.6) is 0 Å². The zero-order valence-corrected chi connectivity index (χ0v) is 14.4. The molecule has 0 unspecified atom stereocenters. The maximum Gasteiger partial charge on any atom is 0.255 e. The van der Waals surface area contributed by atoms with E-state index in [0.29, 0.717) is 5.56 Å². The number of nitrogens with zero attached hydrogens (tertiary/aromatic N) is 5. The highest BCUT2D eigenvalue weighted by molar-refractivity contribution is 5.94. The smallest absolute Gasteiger partial charge is 0.255 e. The van der Waals surface area contributed by atoms with Crippen molar-refractivity contribution in [2.75, 3.05) is 24.5 Å². The summed E-state index contributed by atoms with van der Waals surface area (Å²) in [4.78, 5) is 21.5. The highest BCUT2D eigenvalue weighted by Gasteiger charge is 2.30. The molecule has 6 nitrogen and oxygen atoms in total. The molecule has 0 aromatic carbocycles. The summed E-state index contributed by atoms with van der Waals surface area (Å²) in [7, 11) is 0. The molecule has 0 N–H and O–H groups in total. The highest BCUT2D eigenvalue weighted by Crippen LogP contribution is 2.22. The number of pyridine rings is 1. The van der Waals surface area contributed by atoms with Crippen LogP contribution in [-0.2, 0) is 6.54 Å². The van der Waals surface area contributed by atoms with Crippen LogP contribution in [0.3, 0.4) is 0 Å². The van der Waals surface area contributed by atoms with Crippen LogP contribution < -0.4 is 4.90 Å². The molecule has 6 heteroatoms. The van der Waals surface area contributed by atoms with E-state index in [-0.39, 0.29) is 11.9 Å². The van der Waals surface area contributed by atoms with Gasteiger partial charge in [0.05, 0.1) is 18.2 Å². The van der Waals surface area contributed by atoms with Gasteiger partial charge < -0.3 is 9.80 Å². The van der Waals surface area contributed by atoms with Gasteiger partial charge in [-0.3, -0.25) is 9.48 Å². The zero-order chi connectivity index (χ0) is 16.9. The van der Waals surface area contributed by atoms with Crippen LogP contribution in [-0.4, -0.2) is 51.2 Å². The Balaban J connectivity index is 1.70. The lowest BCUT2D eigenvalue weighted by atomic mass is 10.2. The van der Waals surface area contributed by atoms with E-state index in [2.05, 4.69) is 28.8 Å². The third kappa shape index (κ3) is 3.42. The molecule has 3 heterocycles. The second-order valence-corrected chi connectivity index (χ2v) is 6.10. The molecule has 3 rings (SSSR count). The van der Waals surface area contributed by atoms with Crippen molar-refractivity contribution in [3.63, 3.8) is 0 Å². The summed E-state index contributed by atoms with van der Waals surface area (Å²) in [5, 5.41) is 4.26. The van der Waals surface area contributed by atoms with Crippen molar-refractivity contribution in [1.82, 2.24) is 19.7 Å². The average Bonchev–Trinajstić information content (AvgIpc) is 3.28. The topological polar surface area (TPSA) is 54.3 Å². The fourth-order valence-electron chi connectivity index (χ4n) is 3.33. The minimum Gasteiger partial charge on any atom is -0.357 e. The predicted molar refractivity (Wildman–Crippen MR) is 94.1 cm³/mol. The number of hydrogen-bond donors (Lipinski definition) is 0. The first-order valence-corrected chi connectivity index (χ1v) is 8.72. The Hall–Kier alpha value is -2.37. The van der Waals surface area contributed by atoms with Gasteiger partial charge in [-0.1, -0.05) is 0 Å². The van der Waals surface area contributed by atoms with Gasteiger partial charge in [0.2, 0.25) is 0 Å². The normalized spacial score (nSPS) is 17.2. The SMILES string of the molecule is CCN(CC)c1ccc(C(=O)N2CCC[C@@H]2Cn2cccn2)cn1. The molecule has 1 saturated heterocycles. The van der Waals surface area contributed by atoms with Gasteiger partial charge in [-0.25, -0.2) is 4.98 Å². The van der Waals surface area contributed by atoms with Gasteiger partial charge in [0.1, 0.15) is 5.82 Å². The predicted octanol–water partition coefficient (Wildman–Crippen LogP) is 2.43. The Morgan fingerprint density at radius 3 is 2.79 bits per heavy atom. The molecule has 24 heavy (non-hydrogen) atoms. The first-order valence-electron chi connectivity index (χ1n) is 8.72. The third-order valence-corrected chi connectivity index (χ3v) is 4.68. The first kappa shape index (κ1) is 16.5. The van der Waals surface area contributed by atoms with Crippen molar-refractivity contribution < 1.29 is 4.79 Å². The van der Waals surface area contributed by atoms with Crippen LogP contribution in [0, 0.1) is 0 Å². The van der Waals surface area contributed by atoms with Gasteiger partial charge in [0.15, 0.2) is 0 Å². The summed E-state index contributed by atoms with van der Waals surface area (Å²) in [6.07, 6.45) is 7.50. The third-order valence-electron chi connectivity index (χ3n) is 4.68. The first-order chi connectivity index (χ1) is 11.7. The molecule has 0 radical (unpaired) electrons. The molecule has 1 aliphatic rings. The molecule has 0 saturated carbocycles. The second-order valence-electron chi connectivity index (χ2n) is 6.10. The Labute approximate surface area is 143 Å². The standard InChI is InChI=1S/C18H25N5O/c1-3-21(4-2)17-9-8-15(13-19-17)18(24)23-12-5-7-16(23)14-22-11-6-10-20-22/h6,8-11,13,16H,3-5,7,12,14H2,1-2H3/t16-/m1/s1. The highest BCUT2D eigenvalue weighted by atomic mass is 16.2. The number of likely N-dealkylation sites (tertiary alicyclic amines) is 1. The lowest BCUT2D eigenvalue weighted by Gasteiger charge is -2.25. The second kappa shape index (κ2) is 7.47. The molecule has 1 amide bonds. The van der Waals surface area contributed by atoms with Crippen LogP contribution in [0.4, 0.5) is 5.82 Å². The van der Waals surface area contributed by atoms with Crippen molar-refractivity contribution in [3.05, 3.63) is 42.4 Å². The maximum atomic E-state index is 12.8. The summed E-state index contributed by atoms with van der Waals surface area (Å²) < 4.78 is 1.90. The molecule has 0 spiro atoms.